The van der Waals surface area contributed by atoms with E-state index in [1.807, 2.05) is 41.8 Å². The lowest BCUT2D eigenvalue weighted by Crippen LogP contribution is -2.10. The van der Waals surface area contributed by atoms with Gasteiger partial charge in [-0.05, 0) is 49.6 Å². The highest BCUT2D eigenvalue weighted by Gasteiger charge is 2.32. The second-order valence-electron chi connectivity index (χ2n) is 8.46. The summed E-state index contributed by atoms with van der Waals surface area (Å²) in [6.07, 6.45) is -0.181. The van der Waals surface area contributed by atoms with E-state index in [0.29, 0.717) is 17.4 Å². The minimum absolute atomic E-state index is 0.0864. The first kappa shape index (κ1) is 22.8. The molecule has 1 aliphatic heterocycles. The first-order valence-electron chi connectivity index (χ1n) is 11.1. The highest BCUT2D eigenvalue weighted by molar-refractivity contribution is 7.15. The Balaban J connectivity index is 1.66. The van der Waals surface area contributed by atoms with Crippen molar-refractivity contribution in [3.05, 3.63) is 75.7 Å². The average molecular weight is 489 g/mol. The quantitative estimate of drug-likeness (QED) is 0.409. The second-order valence-corrected chi connectivity index (χ2v) is 9.66. The molecule has 0 amide bonds. The van der Waals surface area contributed by atoms with Gasteiger partial charge in [-0.1, -0.05) is 30.3 Å². The number of aryl methyl sites for hydroxylation is 2. The number of thiophene rings is 1. The molecule has 2 aromatic heterocycles. The van der Waals surface area contributed by atoms with Gasteiger partial charge in [0.15, 0.2) is 17.3 Å². The molecule has 0 radical (unpaired) electrons. The van der Waals surface area contributed by atoms with Crippen molar-refractivity contribution >= 4 is 23.0 Å². The van der Waals surface area contributed by atoms with Crippen molar-refractivity contribution in [2.24, 2.45) is 4.99 Å². The predicted molar refractivity (Wildman–Crippen MR) is 134 cm³/mol. The Morgan fingerprint density at radius 2 is 1.74 bits per heavy atom. The number of phenolic OH excluding ortho intramolecular Hbond substituents is 1. The molecule has 0 aliphatic carbocycles. The fourth-order valence-corrected chi connectivity index (χ4v) is 5.58. The Bertz CT molecular complexity index is 1480. The summed E-state index contributed by atoms with van der Waals surface area (Å²) in [5, 5.41) is 29.0. The standard InChI is InChI=1S/C26H24N4O4S/c1-13-14(2)35-26-23(13)24(27-19(12-22(32)33)25-29-28-15(3)30(25)26)17-7-5-16(6-8-17)18-9-10-20(31)21(11-18)34-4/h5-11,19,31H,12H2,1-4H3,(H,32,33)/t19-/m0/s1. The molecule has 5 rings (SSSR count). The zero-order chi connectivity index (χ0) is 24.9. The van der Waals surface area contributed by atoms with Gasteiger partial charge in [0.25, 0.3) is 0 Å². The minimum Gasteiger partial charge on any atom is -0.504 e. The van der Waals surface area contributed by atoms with Crippen LogP contribution in [-0.4, -0.2) is 43.8 Å². The molecule has 0 spiro atoms. The van der Waals surface area contributed by atoms with E-state index in [1.165, 1.54) is 7.11 Å². The number of aliphatic imine (C=N–C) groups is 1. The van der Waals surface area contributed by atoms with Crippen LogP contribution < -0.4 is 4.74 Å². The molecule has 2 N–H and O–H groups in total. The average Bonchev–Trinajstić information content (AvgIpc) is 3.31. The Morgan fingerprint density at radius 1 is 1.06 bits per heavy atom. The lowest BCUT2D eigenvalue weighted by molar-refractivity contribution is -0.137. The van der Waals surface area contributed by atoms with E-state index < -0.39 is 12.0 Å². The Kier molecular flexibility index (Phi) is 5.64. The molecule has 0 fully saturated rings. The van der Waals surface area contributed by atoms with Gasteiger partial charge in [0.1, 0.15) is 16.9 Å². The normalized spacial score (nSPS) is 14.6. The number of hydrogen-bond donors (Lipinski definition) is 2. The molecule has 1 atom stereocenters. The van der Waals surface area contributed by atoms with Crippen LogP contribution in [0.25, 0.3) is 16.1 Å². The SMILES string of the molecule is COc1cc(-c2ccc(C3=N[C@@H](CC(=O)O)c4nnc(C)n4-c4sc(C)c(C)c43)cc2)ccc1O. The largest absolute Gasteiger partial charge is 0.504 e. The fraction of sp³-hybridized carbons (Fsp3) is 0.231. The van der Waals surface area contributed by atoms with Gasteiger partial charge in [-0.25, -0.2) is 0 Å². The van der Waals surface area contributed by atoms with Gasteiger partial charge < -0.3 is 14.9 Å². The number of ether oxygens (including phenoxy) is 1. The van der Waals surface area contributed by atoms with Crippen molar-refractivity contribution in [3.8, 4) is 27.6 Å². The number of aromatic nitrogens is 3. The molecule has 1 aliphatic rings. The number of carboxylic acid groups (broad SMARTS) is 1. The molecular weight excluding hydrogens is 464 g/mol. The van der Waals surface area contributed by atoms with E-state index in [0.717, 1.165) is 43.4 Å². The monoisotopic (exact) mass is 488 g/mol. The van der Waals surface area contributed by atoms with E-state index in [1.54, 1.807) is 23.5 Å². The van der Waals surface area contributed by atoms with Crippen molar-refractivity contribution in [2.45, 2.75) is 33.2 Å². The minimum atomic E-state index is -0.944. The number of carboxylic acids is 1. The molecule has 3 heterocycles. The van der Waals surface area contributed by atoms with Crippen LogP contribution in [0.2, 0.25) is 0 Å². The zero-order valence-electron chi connectivity index (χ0n) is 19.7. The van der Waals surface area contributed by atoms with E-state index in [9.17, 15) is 15.0 Å². The number of methoxy groups -OCH3 is 1. The molecule has 0 saturated carbocycles. The van der Waals surface area contributed by atoms with Gasteiger partial charge in [0, 0.05) is 16.0 Å². The molecular formula is C26H24N4O4S. The van der Waals surface area contributed by atoms with Gasteiger partial charge in [0.2, 0.25) is 0 Å². The topological polar surface area (TPSA) is 110 Å². The summed E-state index contributed by atoms with van der Waals surface area (Å²) in [6.45, 7) is 6.00. The number of benzene rings is 2. The number of fused-ring (bicyclic) bond motifs is 3. The van der Waals surface area contributed by atoms with Crippen molar-refractivity contribution in [2.75, 3.05) is 7.11 Å². The number of hydrogen-bond acceptors (Lipinski definition) is 7. The highest BCUT2D eigenvalue weighted by atomic mass is 32.1. The third-order valence-corrected chi connectivity index (χ3v) is 7.47. The summed E-state index contributed by atoms with van der Waals surface area (Å²) in [7, 11) is 1.52. The first-order valence-corrected chi connectivity index (χ1v) is 11.9. The third-order valence-electron chi connectivity index (χ3n) is 6.28. The van der Waals surface area contributed by atoms with Crippen LogP contribution in [0.3, 0.4) is 0 Å². The second kappa shape index (κ2) is 8.66. The Labute approximate surface area is 206 Å². The summed E-state index contributed by atoms with van der Waals surface area (Å²) in [5.74, 6) is 0.785. The number of nitrogens with zero attached hydrogens (tertiary/aromatic N) is 4. The highest BCUT2D eigenvalue weighted by Crippen LogP contribution is 2.40. The van der Waals surface area contributed by atoms with Gasteiger partial charge in [-0.15, -0.1) is 21.5 Å². The summed E-state index contributed by atoms with van der Waals surface area (Å²) in [5.41, 5.74) is 5.56. The Morgan fingerprint density at radius 3 is 2.43 bits per heavy atom. The summed E-state index contributed by atoms with van der Waals surface area (Å²) < 4.78 is 7.19. The molecule has 178 valence electrons. The molecule has 35 heavy (non-hydrogen) atoms. The molecule has 2 aromatic carbocycles. The van der Waals surface area contributed by atoms with Crippen molar-refractivity contribution in [1.29, 1.82) is 0 Å². The zero-order valence-corrected chi connectivity index (χ0v) is 20.6. The van der Waals surface area contributed by atoms with Crippen LogP contribution in [0, 0.1) is 20.8 Å². The van der Waals surface area contributed by atoms with Crippen LogP contribution in [0.15, 0.2) is 47.5 Å². The number of phenols is 1. The molecule has 8 nitrogen and oxygen atoms in total. The number of carbonyl (C=O) groups is 1. The van der Waals surface area contributed by atoms with E-state index in [-0.39, 0.29) is 12.2 Å². The van der Waals surface area contributed by atoms with Gasteiger partial charge in [0.05, 0.1) is 19.2 Å². The maximum Gasteiger partial charge on any atom is 0.306 e. The van der Waals surface area contributed by atoms with Gasteiger partial charge in [-0.2, -0.15) is 0 Å². The number of rotatable bonds is 5. The van der Waals surface area contributed by atoms with Crippen LogP contribution in [0.4, 0.5) is 0 Å². The maximum atomic E-state index is 11.7. The van der Waals surface area contributed by atoms with Crippen molar-refractivity contribution in [3.63, 3.8) is 0 Å². The summed E-state index contributed by atoms with van der Waals surface area (Å²) in [6, 6.07) is 12.5. The van der Waals surface area contributed by atoms with Crippen LogP contribution in [-0.2, 0) is 4.79 Å². The molecule has 0 unspecified atom stereocenters. The molecule has 4 aromatic rings. The smallest absolute Gasteiger partial charge is 0.306 e. The van der Waals surface area contributed by atoms with Gasteiger partial charge >= 0.3 is 5.97 Å². The van der Waals surface area contributed by atoms with Crippen molar-refractivity contribution < 1.29 is 19.7 Å². The lowest BCUT2D eigenvalue weighted by atomic mass is 9.97. The van der Waals surface area contributed by atoms with Crippen LogP contribution in [0.5, 0.6) is 11.5 Å². The van der Waals surface area contributed by atoms with Gasteiger partial charge in [-0.3, -0.25) is 14.4 Å². The fourth-order valence-electron chi connectivity index (χ4n) is 4.37. The van der Waals surface area contributed by atoms with Crippen molar-refractivity contribution in [1.82, 2.24) is 14.8 Å². The van der Waals surface area contributed by atoms with Crippen LogP contribution >= 0.6 is 11.3 Å². The number of aliphatic carboxylic acids is 1. The maximum absolute atomic E-state index is 11.7. The third kappa shape index (κ3) is 3.87. The first-order chi connectivity index (χ1) is 16.8. The predicted octanol–water partition coefficient (Wildman–Crippen LogP) is 5.00. The van der Waals surface area contributed by atoms with Crippen LogP contribution in [0.1, 0.15) is 45.7 Å². The molecule has 9 heteroatoms. The summed E-state index contributed by atoms with van der Waals surface area (Å²) >= 11 is 1.63. The number of aromatic hydroxyl groups is 1. The lowest BCUT2D eigenvalue weighted by Gasteiger charge is -2.12. The molecule has 0 bridgehead atoms. The molecule has 0 saturated heterocycles. The van der Waals surface area contributed by atoms with E-state index in [2.05, 4.69) is 24.0 Å². The summed E-state index contributed by atoms with van der Waals surface area (Å²) in [4.78, 5) is 17.8. The van der Waals surface area contributed by atoms with E-state index in [4.69, 9.17) is 9.73 Å². The Hall–Kier alpha value is -3.98. The van der Waals surface area contributed by atoms with E-state index >= 15 is 0 Å².